The van der Waals surface area contributed by atoms with E-state index >= 15 is 0 Å². The van der Waals surface area contributed by atoms with Crippen LogP contribution in [0.15, 0.2) is 21.7 Å². The number of carboxylic acids is 1. The van der Waals surface area contributed by atoms with Crippen molar-refractivity contribution in [2.75, 3.05) is 5.43 Å². The highest BCUT2D eigenvalue weighted by atomic mass is 79.9. The van der Waals surface area contributed by atoms with Gasteiger partial charge in [-0.1, -0.05) is 11.6 Å². The highest BCUT2D eigenvalue weighted by Crippen LogP contribution is 2.32. The Balaban J connectivity index is 3.29. The van der Waals surface area contributed by atoms with E-state index in [1.807, 2.05) is 0 Å². The van der Waals surface area contributed by atoms with Crippen LogP contribution >= 0.6 is 27.5 Å². The zero-order chi connectivity index (χ0) is 14.6. The molecule has 0 fully saturated rings. The van der Waals surface area contributed by atoms with Crippen LogP contribution in [-0.4, -0.2) is 22.6 Å². The normalized spacial score (nSPS) is 10.7. The summed E-state index contributed by atoms with van der Waals surface area (Å²) in [5.41, 5.74) is 6.97. The van der Waals surface area contributed by atoms with Crippen LogP contribution in [0.2, 0.25) is 5.02 Å². The van der Waals surface area contributed by atoms with E-state index in [9.17, 15) is 4.79 Å². The number of hydrazone groups is 1. The van der Waals surface area contributed by atoms with Gasteiger partial charge < -0.3 is 10.8 Å². The van der Waals surface area contributed by atoms with Gasteiger partial charge in [-0.3, -0.25) is 10.8 Å². The minimum atomic E-state index is -1.26. The van der Waals surface area contributed by atoms with Crippen LogP contribution in [0.1, 0.15) is 10.4 Å². The molecule has 0 aliphatic rings. The van der Waals surface area contributed by atoms with Crippen molar-refractivity contribution in [3.05, 3.63) is 27.2 Å². The summed E-state index contributed by atoms with van der Waals surface area (Å²) in [4.78, 5) is 11.1. The minimum Gasteiger partial charge on any atom is -0.478 e. The molecule has 0 saturated carbocycles. The SMILES string of the molecule is N#C/C(=N\Nc1c(Br)ccc(Cl)c1C(=O)O)C(=N)N. The third-order valence-corrected chi connectivity index (χ3v) is 2.93. The molecule has 0 heterocycles. The first-order chi connectivity index (χ1) is 8.88. The number of nitrogens with two attached hydrogens (primary N) is 1. The first-order valence-corrected chi connectivity index (χ1v) is 5.85. The van der Waals surface area contributed by atoms with Crippen LogP contribution in [0.3, 0.4) is 0 Å². The first-order valence-electron chi connectivity index (χ1n) is 4.68. The number of amidine groups is 1. The molecular weight excluding hydrogens is 338 g/mol. The van der Waals surface area contributed by atoms with Crippen molar-refractivity contribution < 1.29 is 9.90 Å². The number of hydrogen-bond acceptors (Lipinski definition) is 5. The number of aromatic carboxylic acids is 1. The van der Waals surface area contributed by atoms with E-state index in [1.54, 1.807) is 6.07 Å². The van der Waals surface area contributed by atoms with Crippen LogP contribution in [0.25, 0.3) is 0 Å². The van der Waals surface area contributed by atoms with Crippen molar-refractivity contribution in [3.8, 4) is 6.07 Å². The van der Waals surface area contributed by atoms with Gasteiger partial charge in [-0.15, -0.1) is 0 Å². The Bertz CT molecular complexity index is 623. The predicted molar refractivity (Wildman–Crippen MR) is 74.7 cm³/mol. The van der Waals surface area contributed by atoms with E-state index in [-0.39, 0.29) is 22.0 Å². The zero-order valence-electron chi connectivity index (χ0n) is 9.24. The topological polar surface area (TPSA) is 135 Å². The molecule has 9 heteroatoms. The summed E-state index contributed by atoms with van der Waals surface area (Å²) in [5.74, 6) is -1.80. The van der Waals surface area contributed by atoms with Crippen molar-refractivity contribution in [1.29, 1.82) is 10.7 Å². The van der Waals surface area contributed by atoms with Crippen molar-refractivity contribution in [1.82, 2.24) is 0 Å². The van der Waals surface area contributed by atoms with Gasteiger partial charge in [0.15, 0.2) is 5.84 Å². The Kier molecular flexibility index (Phi) is 4.86. The first kappa shape index (κ1) is 14.9. The molecule has 1 aromatic carbocycles. The third kappa shape index (κ3) is 3.43. The highest BCUT2D eigenvalue weighted by Gasteiger charge is 2.17. The lowest BCUT2D eigenvalue weighted by Crippen LogP contribution is -2.22. The molecular formula is C10H7BrClN5O2. The number of nitriles is 1. The predicted octanol–water partition coefficient (Wildman–Crippen LogP) is 2.03. The summed E-state index contributed by atoms with van der Waals surface area (Å²) < 4.78 is 0.388. The van der Waals surface area contributed by atoms with Crippen LogP contribution in [-0.2, 0) is 0 Å². The van der Waals surface area contributed by atoms with E-state index in [0.29, 0.717) is 4.47 Å². The molecule has 19 heavy (non-hydrogen) atoms. The Morgan fingerprint density at radius 1 is 1.63 bits per heavy atom. The highest BCUT2D eigenvalue weighted by molar-refractivity contribution is 9.10. The molecule has 0 aromatic heterocycles. The number of nitrogens with zero attached hydrogens (tertiary/aromatic N) is 2. The standard InChI is InChI=1S/C10H7BrClN5O2/c11-4-1-2-5(12)7(10(18)19)8(4)17-16-6(3-13)9(14)15/h1-2,17H,(H3,14,15)(H,18,19)/b16-6+. The van der Waals surface area contributed by atoms with Crippen molar-refractivity contribution in [3.63, 3.8) is 0 Å². The van der Waals surface area contributed by atoms with Crippen molar-refractivity contribution >= 4 is 50.7 Å². The minimum absolute atomic E-state index is 0.00901. The smallest absolute Gasteiger partial charge is 0.339 e. The molecule has 0 aliphatic heterocycles. The second-order valence-corrected chi connectivity index (χ2v) is 4.44. The number of carboxylic acid groups (broad SMARTS) is 1. The third-order valence-electron chi connectivity index (χ3n) is 1.96. The maximum absolute atomic E-state index is 11.1. The Labute approximate surface area is 121 Å². The van der Waals surface area contributed by atoms with E-state index < -0.39 is 11.8 Å². The van der Waals surface area contributed by atoms with E-state index in [2.05, 4.69) is 26.5 Å². The molecule has 0 bridgehead atoms. The molecule has 5 N–H and O–H groups in total. The lowest BCUT2D eigenvalue weighted by molar-refractivity contribution is 0.0698. The summed E-state index contributed by atoms with van der Waals surface area (Å²) in [6.07, 6.45) is 0. The van der Waals surface area contributed by atoms with Gasteiger partial charge in [0.05, 0.1) is 10.7 Å². The number of hydrogen-bond donors (Lipinski definition) is 4. The lowest BCUT2D eigenvalue weighted by atomic mass is 10.2. The summed E-state index contributed by atoms with van der Waals surface area (Å²) in [6, 6.07) is 4.52. The second kappa shape index (κ2) is 6.17. The maximum Gasteiger partial charge on any atom is 0.339 e. The Hall–Kier alpha value is -2.11. The molecule has 0 radical (unpaired) electrons. The van der Waals surface area contributed by atoms with Crippen LogP contribution < -0.4 is 11.2 Å². The molecule has 0 aliphatic carbocycles. The van der Waals surface area contributed by atoms with Gasteiger partial charge in [-0.25, -0.2) is 4.79 Å². The van der Waals surface area contributed by atoms with Gasteiger partial charge in [0.1, 0.15) is 11.6 Å². The summed E-state index contributed by atoms with van der Waals surface area (Å²) in [5, 5.41) is 28.4. The van der Waals surface area contributed by atoms with Gasteiger partial charge in [0, 0.05) is 4.47 Å². The largest absolute Gasteiger partial charge is 0.478 e. The summed E-state index contributed by atoms with van der Waals surface area (Å²) >= 11 is 8.92. The van der Waals surface area contributed by atoms with Gasteiger partial charge >= 0.3 is 5.97 Å². The van der Waals surface area contributed by atoms with Crippen LogP contribution in [0.5, 0.6) is 0 Å². The average Bonchev–Trinajstić information content (AvgIpc) is 2.33. The van der Waals surface area contributed by atoms with Gasteiger partial charge in [0.2, 0.25) is 5.71 Å². The molecule has 1 rings (SSSR count). The molecule has 7 nitrogen and oxygen atoms in total. The number of benzene rings is 1. The Morgan fingerprint density at radius 3 is 2.74 bits per heavy atom. The molecule has 98 valence electrons. The van der Waals surface area contributed by atoms with Crippen LogP contribution in [0.4, 0.5) is 5.69 Å². The summed E-state index contributed by atoms with van der Waals surface area (Å²) in [7, 11) is 0. The fourth-order valence-corrected chi connectivity index (χ4v) is 1.78. The average molecular weight is 345 g/mol. The van der Waals surface area contributed by atoms with Gasteiger partial charge in [-0.2, -0.15) is 10.4 Å². The summed E-state index contributed by atoms with van der Waals surface area (Å²) in [6.45, 7) is 0. The molecule has 0 atom stereocenters. The lowest BCUT2D eigenvalue weighted by Gasteiger charge is -2.09. The van der Waals surface area contributed by atoms with Crippen LogP contribution in [0, 0.1) is 16.7 Å². The molecule has 1 aromatic rings. The molecule has 0 amide bonds. The number of carbonyl (C=O) groups is 1. The fourth-order valence-electron chi connectivity index (χ4n) is 1.13. The van der Waals surface area contributed by atoms with E-state index in [1.165, 1.54) is 12.1 Å². The number of nitrogens with one attached hydrogen (secondary N) is 2. The van der Waals surface area contributed by atoms with E-state index in [4.69, 9.17) is 33.1 Å². The van der Waals surface area contributed by atoms with E-state index in [0.717, 1.165) is 0 Å². The molecule has 0 unspecified atom stereocenters. The Morgan fingerprint density at radius 2 is 2.26 bits per heavy atom. The maximum atomic E-state index is 11.1. The second-order valence-electron chi connectivity index (χ2n) is 3.18. The molecule has 0 spiro atoms. The quantitative estimate of drug-likeness (QED) is 0.376. The van der Waals surface area contributed by atoms with Crippen molar-refractivity contribution in [2.45, 2.75) is 0 Å². The fraction of sp³-hybridized carbons (Fsp3) is 0. The monoisotopic (exact) mass is 343 g/mol. The number of rotatable bonds is 4. The zero-order valence-corrected chi connectivity index (χ0v) is 11.6. The number of halogens is 2. The molecule has 0 saturated heterocycles. The number of anilines is 1. The van der Waals surface area contributed by atoms with Gasteiger partial charge in [-0.05, 0) is 28.1 Å². The van der Waals surface area contributed by atoms with Gasteiger partial charge in [0.25, 0.3) is 0 Å². The van der Waals surface area contributed by atoms with Crippen molar-refractivity contribution in [2.24, 2.45) is 10.8 Å².